The van der Waals surface area contributed by atoms with Gasteiger partial charge in [0.15, 0.2) is 0 Å². The predicted octanol–water partition coefficient (Wildman–Crippen LogP) is 11.0. The number of hydrogen-bond acceptors (Lipinski definition) is 1. The van der Waals surface area contributed by atoms with E-state index in [1.807, 2.05) is 0 Å². The normalized spacial score (nSPS) is 11.4. The van der Waals surface area contributed by atoms with E-state index in [-0.39, 0.29) is 12.4 Å². The molecule has 0 unspecified atom stereocenters. The molecular weight excluding hydrogens is 410 g/mol. The van der Waals surface area contributed by atoms with E-state index >= 15 is 0 Å². The fourth-order valence-electron chi connectivity index (χ4n) is 4.74. The van der Waals surface area contributed by atoms with E-state index < -0.39 is 0 Å². The van der Waals surface area contributed by atoms with E-state index in [0.29, 0.717) is 0 Å². The van der Waals surface area contributed by atoms with E-state index in [1.54, 1.807) is 0 Å². The summed E-state index contributed by atoms with van der Waals surface area (Å²) >= 11 is 0. The summed E-state index contributed by atoms with van der Waals surface area (Å²) in [6.07, 6.45) is 32.1. The molecule has 0 rings (SSSR count). The molecule has 0 bridgehead atoms. The van der Waals surface area contributed by atoms with Crippen LogP contribution in [0, 0.1) is 5.92 Å². The van der Waals surface area contributed by atoms with Crippen LogP contribution in [0.1, 0.15) is 169 Å². The van der Waals surface area contributed by atoms with Crippen LogP contribution in [0.25, 0.3) is 0 Å². The van der Waals surface area contributed by atoms with E-state index in [1.165, 1.54) is 161 Å². The molecule has 1 nitrogen and oxygen atoms in total. The highest BCUT2D eigenvalue weighted by Crippen LogP contribution is 2.15. The Bertz CT molecular complexity index is 318. The Labute approximate surface area is 211 Å². The molecule has 0 aliphatic heterocycles. The molecule has 0 saturated heterocycles. The van der Waals surface area contributed by atoms with Crippen molar-refractivity contribution in [3.05, 3.63) is 0 Å². The van der Waals surface area contributed by atoms with E-state index in [0.717, 1.165) is 5.92 Å². The lowest BCUT2D eigenvalue weighted by atomic mass is 10.0. The third-order valence-electron chi connectivity index (χ3n) is 7.03. The molecule has 0 radical (unpaired) electrons. The zero-order valence-electron chi connectivity index (χ0n) is 23.1. The molecule has 196 valence electrons. The third kappa shape index (κ3) is 28.3. The van der Waals surface area contributed by atoms with Gasteiger partial charge in [-0.25, -0.2) is 0 Å². The lowest BCUT2D eigenvalue weighted by molar-refractivity contribution is 0.269. The lowest BCUT2D eigenvalue weighted by Gasteiger charge is -2.20. The maximum Gasteiger partial charge on any atom is -0.00188 e. The maximum atomic E-state index is 2.66. The van der Waals surface area contributed by atoms with Crippen LogP contribution in [0.2, 0.25) is 0 Å². The van der Waals surface area contributed by atoms with Crippen LogP contribution in [0.3, 0.4) is 0 Å². The number of halogens is 1. The largest absolute Gasteiger partial charge is 0.304 e. The zero-order valence-corrected chi connectivity index (χ0v) is 23.9. The molecule has 32 heavy (non-hydrogen) atoms. The molecular formula is C30H64ClN. The Morgan fingerprint density at radius 1 is 0.438 bits per heavy atom. The second kappa shape index (κ2) is 29.3. The minimum atomic E-state index is 0. The summed E-state index contributed by atoms with van der Waals surface area (Å²) < 4.78 is 0. The van der Waals surface area contributed by atoms with Crippen molar-refractivity contribution in [2.45, 2.75) is 169 Å². The van der Waals surface area contributed by atoms with Crippen LogP contribution < -0.4 is 0 Å². The highest BCUT2D eigenvalue weighted by Gasteiger charge is 2.03. The summed E-state index contributed by atoms with van der Waals surface area (Å²) in [7, 11) is 0. The van der Waals surface area contributed by atoms with E-state index in [4.69, 9.17) is 0 Å². The SMILES string of the molecule is CCCCCCCCCCCCCCCCCCCCCCN(CC)CCCC(C)C.Cl. The third-order valence-corrected chi connectivity index (χ3v) is 7.03. The Balaban J connectivity index is 0. The van der Waals surface area contributed by atoms with Crippen LogP contribution in [-0.2, 0) is 0 Å². The molecule has 0 aliphatic rings. The summed E-state index contributed by atoms with van der Waals surface area (Å²) in [4.78, 5) is 2.66. The first-order valence-electron chi connectivity index (χ1n) is 14.9. The molecule has 0 aromatic heterocycles. The van der Waals surface area contributed by atoms with Gasteiger partial charge in [-0.3, -0.25) is 0 Å². The van der Waals surface area contributed by atoms with E-state index in [9.17, 15) is 0 Å². The van der Waals surface area contributed by atoms with Crippen molar-refractivity contribution < 1.29 is 0 Å². The van der Waals surface area contributed by atoms with Gasteiger partial charge >= 0.3 is 0 Å². The van der Waals surface area contributed by atoms with Crippen molar-refractivity contribution in [2.75, 3.05) is 19.6 Å². The summed E-state index contributed by atoms with van der Waals surface area (Å²) in [6, 6.07) is 0. The van der Waals surface area contributed by atoms with Crippen LogP contribution in [0.5, 0.6) is 0 Å². The first kappa shape index (κ1) is 34.4. The molecule has 0 aromatic rings. The molecule has 0 saturated carbocycles. The quantitative estimate of drug-likeness (QED) is 0.113. The fourth-order valence-corrected chi connectivity index (χ4v) is 4.74. The average Bonchev–Trinajstić information content (AvgIpc) is 2.76. The van der Waals surface area contributed by atoms with Crippen LogP contribution in [0.15, 0.2) is 0 Å². The lowest BCUT2D eigenvalue weighted by Crippen LogP contribution is -2.25. The van der Waals surface area contributed by atoms with Crippen molar-refractivity contribution in [1.29, 1.82) is 0 Å². The van der Waals surface area contributed by atoms with Gasteiger partial charge in [-0.2, -0.15) is 0 Å². The van der Waals surface area contributed by atoms with Crippen molar-refractivity contribution in [2.24, 2.45) is 5.92 Å². The second-order valence-corrected chi connectivity index (χ2v) is 10.7. The molecule has 2 heteroatoms. The number of unbranched alkanes of at least 4 members (excludes halogenated alkanes) is 19. The highest BCUT2D eigenvalue weighted by molar-refractivity contribution is 5.85. The monoisotopic (exact) mass is 473 g/mol. The average molecular weight is 474 g/mol. The van der Waals surface area contributed by atoms with Gasteiger partial charge in [0.2, 0.25) is 0 Å². The second-order valence-electron chi connectivity index (χ2n) is 10.7. The number of hydrogen-bond donors (Lipinski definition) is 0. The van der Waals surface area contributed by atoms with E-state index in [2.05, 4.69) is 32.6 Å². The molecule has 0 heterocycles. The Kier molecular flexibility index (Phi) is 31.5. The van der Waals surface area contributed by atoms with Crippen molar-refractivity contribution >= 4 is 12.4 Å². The fraction of sp³-hybridized carbons (Fsp3) is 1.00. The van der Waals surface area contributed by atoms with Crippen LogP contribution in [0.4, 0.5) is 0 Å². The van der Waals surface area contributed by atoms with Crippen LogP contribution in [-0.4, -0.2) is 24.5 Å². The topological polar surface area (TPSA) is 3.24 Å². The Morgan fingerprint density at radius 2 is 0.750 bits per heavy atom. The molecule has 0 N–H and O–H groups in total. The van der Waals surface area contributed by atoms with Gasteiger partial charge in [0.25, 0.3) is 0 Å². The Hall–Kier alpha value is 0.250. The van der Waals surface area contributed by atoms with Crippen LogP contribution >= 0.6 is 12.4 Å². The van der Waals surface area contributed by atoms with Crippen molar-refractivity contribution in [1.82, 2.24) is 4.90 Å². The summed E-state index contributed by atoms with van der Waals surface area (Å²) in [6.45, 7) is 13.2. The summed E-state index contributed by atoms with van der Waals surface area (Å²) in [5.41, 5.74) is 0. The molecule has 0 spiro atoms. The van der Waals surface area contributed by atoms with Gasteiger partial charge in [0.1, 0.15) is 0 Å². The minimum Gasteiger partial charge on any atom is -0.304 e. The first-order valence-corrected chi connectivity index (χ1v) is 14.9. The molecule has 0 aromatic carbocycles. The standard InChI is InChI=1S/C30H63N.ClH/c1-5-7-8-9-10-11-12-13-14-15-16-17-18-19-20-21-22-23-24-25-28-31(6-2)29-26-27-30(3)4;/h30H,5-29H2,1-4H3;1H. The number of rotatable bonds is 26. The minimum absolute atomic E-state index is 0. The smallest absolute Gasteiger partial charge is 0.00188 e. The molecule has 0 amide bonds. The first-order chi connectivity index (χ1) is 15.2. The van der Waals surface area contributed by atoms with Crippen molar-refractivity contribution in [3.63, 3.8) is 0 Å². The van der Waals surface area contributed by atoms with Gasteiger partial charge in [-0.1, -0.05) is 150 Å². The summed E-state index contributed by atoms with van der Waals surface area (Å²) in [5.74, 6) is 0.860. The maximum absolute atomic E-state index is 2.66. The van der Waals surface area contributed by atoms with Gasteiger partial charge in [-0.15, -0.1) is 12.4 Å². The molecule has 0 atom stereocenters. The molecule has 0 aliphatic carbocycles. The van der Waals surface area contributed by atoms with Crippen molar-refractivity contribution in [3.8, 4) is 0 Å². The van der Waals surface area contributed by atoms with Gasteiger partial charge in [0, 0.05) is 0 Å². The predicted molar refractivity (Wildman–Crippen MR) is 151 cm³/mol. The Morgan fingerprint density at radius 3 is 1.06 bits per heavy atom. The number of nitrogens with zero attached hydrogens (tertiary/aromatic N) is 1. The van der Waals surface area contributed by atoms with Gasteiger partial charge in [0.05, 0.1) is 0 Å². The summed E-state index contributed by atoms with van der Waals surface area (Å²) in [5, 5.41) is 0. The highest BCUT2D eigenvalue weighted by atomic mass is 35.5. The molecule has 0 fully saturated rings. The van der Waals surface area contributed by atoms with Gasteiger partial charge < -0.3 is 4.90 Å². The van der Waals surface area contributed by atoms with Gasteiger partial charge in [-0.05, 0) is 44.8 Å². The zero-order chi connectivity index (χ0) is 22.8.